The van der Waals surface area contributed by atoms with Crippen LogP contribution in [-0.4, -0.2) is 30.6 Å². The lowest BCUT2D eigenvalue weighted by Crippen LogP contribution is -2.40. The Labute approximate surface area is 115 Å². The summed E-state index contributed by atoms with van der Waals surface area (Å²) < 4.78 is 4.86. The van der Waals surface area contributed by atoms with Crippen LogP contribution in [0.25, 0.3) is 0 Å². The van der Waals surface area contributed by atoms with Crippen LogP contribution < -0.4 is 0 Å². The van der Waals surface area contributed by atoms with E-state index >= 15 is 0 Å². The number of aryl methyl sites for hydroxylation is 1. The highest BCUT2D eigenvalue weighted by atomic mass is 16.5. The fourth-order valence-electron chi connectivity index (χ4n) is 2.77. The smallest absolute Gasteiger partial charge is 0.309 e. The number of hydrogen-bond acceptors (Lipinski definition) is 3. The molecule has 2 atom stereocenters. The van der Waals surface area contributed by atoms with Crippen LogP contribution in [0.15, 0.2) is 24.3 Å². The maximum Gasteiger partial charge on any atom is 0.309 e. The molecule has 1 aromatic carbocycles. The molecule has 0 spiro atoms. The van der Waals surface area contributed by atoms with E-state index in [9.17, 15) is 4.79 Å². The van der Waals surface area contributed by atoms with Gasteiger partial charge in [0.05, 0.1) is 13.0 Å². The number of esters is 1. The lowest BCUT2D eigenvalue weighted by atomic mass is 10.0. The van der Waals surface area contributed by atoms with Crippen molar-refractivity contribution in [3.63, 3.8) is 0 Å². The number of fused-ring (bicyclic) bond motifs is 1. The Hall–Kier alpha value is -1.35. The number of hydrogen-bond donors (Lipinski definition) is 0. The largest absolute Gasteiger partial charge is 0.469 e. The van der Waals surface area contributed by atoms with Gasteiger partial charge in [-0.1, -0.05) is 31.2 Å². The third-order valence-electron chi connectivity index (χ3n) is 4.26. The summed E-state index contributed by atoms with van der Waals surface area (Å²) >= 11 is 0. The van der Waals surface area contributed by atoms with Crippen molar-refractivity contribution in [2.24, 2.45) is 5.92 Å². The predicted octanol–water partition coefficient (Wildman–Crippen LogP) is 2.63. The van der Waals surface area contributed by atoms with Crippen LogP contribution in [0.3, 0.4) is 0 Å². The van der Waals surface area contributed by atoms with Crippen LogP contribution in [0.1, 0.15) is 31.4 Å². The Morgan fingerprint density at radius 3 is 2.63 bits per heavy atom. The molecule has 0 saturated heterocycles. The van der Waals surface area contributed by atoms with E-state index in [1.54, 1.807) is 0 Å². The van der Waals surface area contributed by atoms with Crippen LogP contribution in [0.2, 0.25) is 0 Å². The van der Waals surface area contributed by atoms with Crippen molar-refractivity contribution in [3.05, 3.63) is 35.4 Å². The van der Waals surface area contributed by atoms with E-state index in [-0.39, 0.29) is 17.9 Å². The Morgan fingerprint density at radius 2 is 1.95 bits per heavy atom. The Balaban J connectivity index is 2.12. The molecule has 1 aromatic rings. The van der Waals surface area contributed by atoms with Crippen LogP contribution in [0, 0.1) is 5.92 Å². The van der Waals surface area contributed by atoms with Crippen LogP contribution in [-0.2, 0) is 22.5 Å². The van der Waals surface area contributed by atoms with E-state index in [2.05, 4.69) is 36.1 Å². The molecule has 2 rings (SSSR count). The van der Waals surface area contributed by atoms with E-state index in [0.29, 0.717) is 0 Å². The summed E-state index contributed by atoms with van der Waals surface area (Å²) in [5.41, 5.74) is 2.84. The number of carbonyl (C=O) groups is 1. The molecule has 1 heterocycles. The van der Waals surface area contributed by atoms with Crippen LogP contribution in [0.4, 0.5) is 0 Å². The van der Waals surface area contributed by atoms with Crippen molar-refractivity contribution in [2.45, 2.75) is 39.3 Å². The SMILES string of the molecule is COC(=O)C(C)C(C)N1CCCc2ccccc2C1. The Bertz CT molecular complexity index is 444. The lowest BCUT2D eigenvalue weighted by Gasteiger charge is -2.31. The highest BCUT2D eigenvalue weighted by molar-refractivity contribution is 5.72. The molecule has 104 valence electrons. The van der Waals surface area contributed by atoms with Crippen molar-refractivity contribution < 1.29 is 9.53 Å². The van der Waals surface area contributed by atoms with Gasteiger partial charge in [-0.05, 0) is 37.4 Å². The normalized spacial score (nSPS) is 19.1. The third-order valence-corrected chi connectivity index (χ3v) is 4.26. The zero-order chi connectivity index (χ0) is 13.8. The Kier molecular flexibility index (Phi) is 4.59. The first kappa shape index (κ1) is 14.1. The zero-order valence-corrected chi connectivity index (χ0v) is 12.1. The Morgan fingerprint density at radius 1 is 1.26 bits per heavy atom. The van der Waals surface area contributed by atoms with Gasteiger partial charge in [0.2, 0.25) is 0 Å². The van der Waals surface area contributed by atoms with E-state index < -0.39 is 0 Å². The minimum atomic E-state index is -0.120. The molecule has 0 radical (unpaired) electrons. The average molecular weight is 261 g/mol. The maximum atomic E-state index is 11.7. The average Bonchev–Trinajstić information content (AvgIpc) is 2.66. The quantitative estimate of drug-likeness (QED) is 0.783. The maximum absolute atomic E-state index is 11.7. The van der Waals surface area contributed by atoms with Gasteiger partial charge in [0.1, 0.15) is 0 Å². The van der Waals surface area contributed by atoms with E-state index in [0.717, 1.165) is 25.9 Å². The van der Waals surface area contributed by atoms with Gasteiger partial charge in [-0.2, -0.15) is 0 Å². The predicted molar refractivity (Wildman–Crippen MR) is 75.8 cm³/mol. The summed E-state index contributed by atoms with van der Waals surface area (Å²) in [5.74, 6) is -0.208. The van der Waals surface area contributed by atoms with Crippen molar-refractivity contribution in [1.29, 1.82) is 0 Å². The molecular formula is C16H23NO2. The number of ether oxygens (including phenoxy) is 1. The number of benzene rings is 1. The molecule has 0 aromatic heterocycles. The monoisotopic (exact) mass is 261 g/mol. The first-order chi connectivity index (χ1) is 9.13. The molecule has 3 heteroatoms. The van der Waals surface area contributed by atoms with Gasteiger partial charge in [-0.25, -0.2) is 0 Å². The highest BCUT2D eigenvalue weighted by Crippen LogP contribution is 2.22. The molecule has 2 unspecified atom stereocenters. The number of rotatable bonds is 3. The first-order valence-electron chi connectivity index (χ1n) is 7.02. The molecule has 1 aliphatic heterocycles. The van der Waals surface area contributed by atoms with Gasteiger partial charge in [0.15, 0.2) is 0 Å². The second kappa shape index (κ2) is 6.20. The summed E-state index contributed by atoms with van der Waals surface area (Å²) in [7, 11) is 1.46. The molecule has 3 nitrogen and oxygen atoms in total. The highest BCUT2D eigenvalue weighted by Gasteiger charge is 2.27. The van der Waals surface area contributed by atoms with Gasteiger partial charge < -0.3 is 4.74 Å². The van der Waals surface area contributed by atoms with E-state index in [1.165, 1.54) is 18.2 Å². The molecule has 0 bridgehead atoms. The second-order valence-corrected chi connectivity index (χ2v) is 5.40. The van der Waals surface area contributed by atoms with Gasteiger partial charge >= 0.3 is 5.97 Å². The fraction of sp³-hybridized carbons (Fsp3) is 0.562. The van der Waals surface area contributed by atoms with Crippen LogP contribution >= 0.6 is 0 Å². The molecule has 0 amide bonds. The minimum Gasteiger partial charge on any atom is -0.469 e. The first-order valence-corrected chi connectivity index (χ1v) is 7.02. The second-order valence-electron chi connectivity index (χ2n) is 5.40. The third kappa shape index (κ3) is 3.16. The van der Waals surface area contributed by atoms with Gasteiger partial charge in [0.25, 0.3) is 0 Å². The molecule has 19 heavy (non-hydrogen) atoms. The summed E-state index contributed by atoms with van der Waals surface area (Å²) in [6.45, 7) is 6.04. The van der Waals surface area contributed by atoms with Crippen LogP contribution in [0.5, 0.6) is 0 Å². The van der Waals surface area contributed by atoms with Crippen molar-refractivity contribution >= 4 is 5.97 Å². The molecule has 1 aliphatic rings. The van der Waals surface area contributed by atoms with Gasteiger partial charge in [-0.3, -0.25) is 9.69 Å². The van der Waals surface area contributed by atoms with Crippen molar-refractivity contribution in [3.8, 4) is 0 Å². The lowest BCUT2D eigenvalue weighted by molar-refractivity contribution is -0.147. The van der Waals surface area contributed by atoms with E-state index in [1.807, 2.05) is 6.92 Å². The number of carbonyl (C=O) groups excluding carboxylic acids is 1. The van der Waals surface area contributed by atoms with Crippen molar-refractivity contribution in [1.82, 2.24) is 4.90 Å². The minimum absolute atomic E-state index is 0.0877. The fourth-order valence-corrected chi connectivity index (χ4v) is 2.77. The van der Waals surface area contributed by atoms with Gasteiger partial charge in [0, 0.05) is 12.6 Å². The summed E-state index contributed by atoms with van der Waals surface area (Å²) in [4.78, 5) is 14.1. The molecular weight excluding hydrogens is 238 g/mol. The summed E-state index contributed by atoms with van der Waals surface area (Å²) in [5, 5.41) is 0. The van der Waals surface area contributed by atoms with Crippen molar-refractivity contribution in [2.75, 3.05) is 13.7 Å². The molecule has 0 fully saturated rings. The van der Waals surface area contributed by atoms with Gasteiger partial charge in [-0.15, -0.1) is 0 Å². The number of nitrogens with zero attached hydrogens (tertiary/aromatic N) is 1. The zero-order valence-electron chi connectivity index (χ0n) is 12.1. The standard InChI is InChI=1S/C16H23NO2/c1-12(16(18)19-3)13(2)17-10-6-9-14-7-4-5-8-15(14)11-17/h4-5,7-8,12-13H,6,9-11H2,1-3H3. The molecule has 0 aliphatic carbocycles. The number of methoxy groups -OCH3 is 1. The van der Waals surface area contributed by atoms with E-state index in [4.69, 9.17) is 4.74 Å². The topological polar surface area (TPSA) is 29.5 Å². The summed E-state index contributed by atoms with van der Waals surface area (Å²) in [6, 6.07) is 8.82. The molecule has 0 saturated carbocycles. The molecule has 0 N–H and O–H groups in total. The summed E-state index contributed by atoms with van der Waals surface area (Å²) in [6.07, 6.45) is 2.28.